The van der Waals surface area contributed by atoms with E-state index in [2.05, 4.69) is 31.2 Å². The molecule has 0 saturated heterocycles. The number of para-hydroxylation sites is 1. The average Bonchev–Trinajstić information content (AvgIpc) is 3.39. The van der Waals surface area contributed by atoms with E-state index >= 15 is 0 Å². The van der Waals surface area contributed by atoms with Gasteiger partial charge in [-0.05, 0) is 19.1 Å². The lowest BCUT2D eigenvalue weighted by atomic mass is 10.3. The van der Waals surface area contributed by atoms with Gasteiger partial charge in [-0.2, -0.15) is 18.8 Å². The third kappa shape index (κ3) is 3.37. The maximum Gasteiger partial charge on any atom is 0.296 e. The number of hydrogen-bond donors (Lipinski definition) is 4. The van der Waals surface area contributed by atoms with Crippen LogP contribution in [0.5, 0.6) is 0 Å². The fraction of sp³-hybridized carbons (Fsp3) is 0.118. The molecule has 31 heavy (non-hydrogen) atoms. The third-order valence-electron chi connectivity index (χ3n) is 4.42. The summed E-state index contributed by atoms with van der Waals surface area (Å²) in [6.45, 7) is 3.10. The molecule has 3 heterocycles. The van der Waals surface area contributed by atoms with Gasteiger partial charge in [0.25, 0.3) is 10.1 Å². The van der Waals surface area contributed by atoms with Crippen LogP contribution in [0.3, 0.4) is 0 Å². The fourth-order valence-corrected chi connectivity index (χ4v) is 3.70. The summed E-state index contributed by atoms with van der Waals surface area (Å²) >= 11 is 0. The average molecular weight is 441 g/mol. The first kappa shape index (κ1) is 20.1. The van der Waals surface area contributed by atoms with Crippen LogP contribution < -0.4 is 10.9 Å². The number of nitriles is 1. The van der Waals surface area contributed by atoms with Crippen LogP contribution in [0, 0.1) is 18.3 Å². The number of hydrazine groups is 1. The van der Waals surface area contributed by atoms with E-state index in [4.69, 9.17) is 0 Å². The van der Waals surface area contributed by atoms with Gasteiger partial charge in [0.05, 0.1) is 17.6 Å². The molecule has 0 unspecified atom stereocenters. The molecule has 0 aliphatic rings. The van der Waals surface area contributed by atoms with Crippen LogP contribution in [0.4, 0.5) is 11.5 Å². The SMILES string of the molecule is CC(=O)c1nnc2c(NNc3c(C#N)cnn3-c3ccccc3S(=O)(=O)O)c(C)[nH]n12. The summed E-state index contributed by atoms with van der Waals surface area (Å²) in [6.07, 6.45) is 1.25. The van der Waals surface area contributed by atoms with Gasteiger partial charge in [-0.25, -0.2) is 9.20 Å². The largest absolute Gasteiger partial charge is 0.296 e. The zero-order valence-electron chi connectivity index (χ0n) is 16.2. The van der Waals surface area contributed by atoms with Crippen LogP contribution >= 0.6 is 0 Å². The van der Waals surface area contributed by atoms with E-state index in [1.807, 2.05) is 6.07 Å². The lowest BCUT2D eigenvalue weighted by Crippen LogP contribution is -2.16. The van der Waals surface area contributed by atoms with Crippen molar-refractivity contribution in [1.82, 2.24) is 29.6 Å². The van der Waals surface area contributed by atoms with E-state index in [-0.39, 0.29) is 33.6 Å². The lowest BCUT2D eigenvalue weighted by Gasteiger charge is -2.13. The van der Waals surface area contributed by atoms with Gasteiger partial charge in [0.15, 0.2) is 11.6 Å². The van der Waals surface area contributed by atoms with Gasteiger partial charge < -0.3 is 0 Å². The maximum absolute atomic E-state index is 11.8. The molecule has 14 heteroatoms. The summed E-state index contributed by atoms with van der Waals surface area (Å²) in [7, 11) is -4.55. The number of carbonyl (C=O) groups excluding carboxylic acids is 1. The van der Waals surface area contributed by atoms with Crippen LogP contribution in [-0.2, 0) is 10.1 Å². The van der Waals surface area contributed by atoms with Gasteiger partial charge >= 0.3 is 0 Å². The van der Waals surface area contributed by atoms with Crippen LogP contribution in [0.1, 0.15) is 28.8 Å². The standard InChI is InChI=1S/C17H15N9O4S/c1-9-14(17-23-21-15(10(2)27)26(17)24-9)20-22-16-11(7-18)8-19-25(16)12-5-3-4-6-13(12)31(28,29)30/h3-6,8,20,22,24H,1-2H3,(H,28,29,30). The number of fused-ring (bicyclic) bond motifs is 1. The molecule has 4 aromatic rings. The highest BCUT2D eigenvalue weighted by Crippen LogP contribution is 2.26. The maximum atomic E-state index is 11.8. The van der Waals surface area contributed by atoms with E-state index in [0.29, 0.717) is 17.0 Å². The molecule has 0 fully saturated rings. The molecule has 0 spiro atoms. The van der Waals surface area contributed by atoms with E-state index in [1.165, 1.54) is 40.5 Å². The van der Waals surface area contributed by atoms with Gasteiger partial charge in [0.2, 0.25) is 11.5 Å². The van der Waals surface area contributed by atoms with Gasteiger partial charge in [-0.3, -0.25) is 25.3 Å². The molecule has 1 aromatic carbocycles. The number of carbonyl (C=O) groups is 1. The van der Waals surface area contributed by atoms with Gasteiger partial charge in [0, 0.05) is 6.92 Å². The Kier molecular flexibility index (Phi) is 4.68. The monoisotopic (exact) mass is 441 g/mol. The summed E-state index contributed by atoms with van der Waals surface area (Å²) < 4.78 is 35.7. The number of aromatic nitrogens is 6. The van der Waals surface area contributed by atoms with Gasteiger partial charge in [-0.1, -0.05) is 12.1 Å². The Morgan fingerprint density at radius 2 is 2.00 bits per heavy atom. The zero-order valence-corrected chi connectivity index (χ0v) is 17.0. The number of benzene rings is 1. The molecule has 0 aliphatic heterocycles. The van der Waals surface area contributed by atoms with Crippen molar-refractivity contribution in [3.05, 3.63) is 47.5 Å². The number of hydrogen-bond acceptors (Lipinski definition) is 9. The molecule has 0 amide bonds. The molecule has 0 bridgehead atoms. The highest BCUT2D eigenvalue weighted by atomic mass is 32.2. The van der Waals surface area contributed by atoms with E-state index in [9.17, 15) is 23.0 Å². The number of nitrogens with one attached hydrogen (secondary N) is 3. The molecule has 13 nitrogen and oxygen atoms in total. The van der Waals surface area contributed by atoms with Crippen LogP contribution in [-0.4, -0.2) is 48.3 Å². The van der Waals surface area contributed by atoms with Crippen molar-refractivity contribution in [2.45, 2.75) is 18.7 Å². The topological polar surface area (TPSA) is 183 Å². The Bertz CT molecular complexity index is 1470. The minimum atomic E-state index is -4.55. The summed E-state index contributed by atoms with van der Waals surface area (Å²) in [5.41, 5.74) is 7.25. The summed E-state index contributed by atoms with van der Waals surface area (Å²) in [5, 5.41) is 24.3. The van der Waals surface area contributed by atoms with Gasteiger partial charge in [-0.15, -0.1) is 10.2 Å². The second-order valence-electron chi connectivity index (χ2n) is 6.47. The van der Waals surface area contributed by atoms with Gasteiger partial charge in [0.1, 0.15) is 22.2 Å². The van der Waals surface area contributed by atoms with Crippen molar-refractivity contribution < 1.29 is 17.8 Å². The van der Waals surface area contributed by atoms with Crippen molar-refractivity contribution in [2.75, 3.05) is 10.9 Å². The number of H-pyrrole nitrogens is 1. The van der Waals surface area contributed by atoms with Crippen LogP contribution in [0.25, 0.3) is 11.3 Å². The van der Waals surface area contributed by atoms with Crippen molar-refractivity contribution in [2.24, 2.45) is 0 Å². The number of rotatable bonds is 6. The fourth-order valence-electron chi connectivity index (χ4n) is 3.03. The zero-order chi connectivity index (χ0) is 22.3. The second kappa shape index (κ2) is 7.23. The highest BCUT2D eigenvalue weighted by molar-refractivity contribution is 7.86. The van der Waals surface area contributed by atoms with Crippen LogP contribution in [0.2, 0.25) is 0 Å². The quantitative estimate of drug-likeness (QED) is 0.193. The van der Waals surface area contributed by atoms with Crippen molar-refractivity contribution in [3.63, 3.8) is 0 Å². The van der Waals surface area contributed by atoms with E-state index < -0.39 is 10.1 Å². The Labute approximate surface area is 175 Å². The second-order valence-corrected chi connectivity index (χ2v) is 7.86. The minimum Gasteiger partial charge on any atom is -0.294 e. The number of anilines is 2. The van der Waals surface area contributed by atoms with Crippen molar-refractivity contribution >= 4 is 33.1 Å². The first-order valence-corrected chi connectivity index (χ1v) is 10.2. The minimum absolute atomic E-state index is 0.0353. The molecule has 0 aliphatic carbocycles. The molecule has 0 atom stereocenters. The molecular formula is C17H15N9O4S. The van der Waals surface area contributed by atoms with Crippen molar-refractivity contribution in [1.29, 1.82) is 5.26 Å². The number of nitrogens with zero attached hydrogens (tertiary/aromatic N) is 6. The van der Waals surface area contributed by atoms with E-state index in [1.54, 1.807) is 13.0 Å². The Hall–Kier alpha value is -4.22. The molecule has 158 valence electrons. The Morgan fingerprint density at radius 3 is 2.68 bits per heavy atom. The lowest BCUT2D eigenvalue weighted by molar-refractivity contribution is 0.100. The summed E-state index contributed by atoms with van der Waals surface area (Å²) in [6, 6.07) is 7.62. The highest BCUT2D eigenvalue weighted by Gasteiger charge is 2.22. The predicted octanol–water partition coefficient (Wildman–Crippen LogP) is 1.31. The summed E-state index contributed by atoms with van der Waals surface area (Å²) in [4.78, 5) is 11.3. The molecule has 0 radical (unpaired) electrons. The molecular weight excluding hydrogens is 426 g/mol. The van der Waals surface area contributed by atoms with Crippen molar-refractivity contribution in [3.8, 4) is 11.8 Å². The Balaban J connectivity index is 1.76. The first-order valence-electron chi connectivity index (χ1n) is 8.74. The number of Topliss-reactive ketones (excluding diaryl/α,β-unsaturated/α-hetero) is 1. The number of aromatic amines is 1. The first-order chi connectivity index (χ1) is 14.7. The third-order valence-corrected chi connectivity index (χ3v) is 5.32. The molecule has 4 N–H and O–H groups in total. The smallest absolute Gasteiger partial charge is 0.294 e. The van der Waals surface area contributed by atoms with Crippen LogP contribution in [0.15, 0.2) is 35.4 Å². The number of aryl methyl sites for hydroxylation is 1. The molecule has 0 saturated carbocycles. The van der Waals surface area contributed by atoms with E-state index in [0.717, 1.165) is 0 Å². The Morgan fingerprint density at radius 1 is 1.26 bits per heavy atom. The molecule has 4 rings (SSSR count). The number of ketones is 1. The normalized spacial score (nSPS) is 11.4. The summed E-state index contributed by atoms with van der Waals surface area (Å²) in [5.74, 6) is -0.0421. The molecule has 3 aromatic heterocycles. The predicted molar refractivity (Wildman–Crippen MR) is 107 cm³/mol.